The fraction of sp³-hybridized carbons (Fsp3) is 0.458. The quantitative estimate of drug-likeness (QED) is 0.655. The Morgan fingerprint density at radius 1 is 0.935 bits per heavy atom. The maximum atomic E-state index is 13.3. The van der Waals surface area contributed by atoms with Crippen LogP contribution in [0.5, 0.6) is 0 Å². The van der Waals surface area contributed by atoms with E-state index in [1.54, 1.807) is 0 Å². The molecule has 2 aliphatic heterocycles. The van der Waals surface area contributed by atoms with Crippen molar-refractivity contribution in [2.45, 2.75) is 26.7 Å². The minimum absolute atomic E-state index is 0.0237. The van der Waals surface area contributed by atoms with E-state index in [-0.39, 0.29) is 5.92 Å². The number of benzene rings is 1. The molecule has 1 amide bonds. The molecule has 7 heteroatoms. The molecule has 4 heterocycles. The van der Waals surface area contributed by atoms with Gasteiger partial charge in [0, 0.05) is 50.6 Å². The largest absolute Gasteiger partial charge is 0.368 e. The highest BCUT2D eigenvalue weighted by Gasteiger charge is 2.32. The van der Waals surface area contributed by atoms with Crippen molar-refractivity contribution in [1.82, 2.24) is 19.5 Å². The SMILES string of the molecule is Cc1cccc(N2CCN(C(=O)C3CCCN(c4nnc5cccc(C)n45)C3)CC2)c1. The highest BCUT2D eigenvalue weighted by molar-refractivity contribution is 5.80. The van der Waals surface area contributed by atoms with E-state index in [1.165, 1.54) is 11.3 Å². The van der Waals surface area contributed by atoms with Crippen LogP contribution in [0, 0.1) is 19.8 Å². The molecule has 2 saturated heterocycles. The molecule has 0 N–H and O–H groups in total. The third-order valence-electron chi connectivity index (χ3n) is 6.62. The number of aromatic nitrogens is 3. The van der Waals surface area contributed by atoms with Gasteiger partial charge in [0.25, 0.3) is 0 Å². The summed E-state index contributed by atoms with van der Waals surface area (Å²) in [7, 11) is 0. The number of fused-ring (bicyclic) bond motifs is 1. The highest BCUT2D eigenvalue weighted by atomic mass is 16.2. The summed E-state index contributed by atoms with van der Waals surface area (Å²) in [5.41, 5.74) is 4.49. The Balaban J connectivity index is 1.25. The molecule has 2 fully saturated rings. The zero-order valence-corrected chi connectivity index (χ0v) is 18.4. The number of piperidine rings is 1. The summed E-state index contributed by atoms with van der Waals surface area (Å²) in [5.74, 6) is 1.17. The zero-order chi connectivity index (χ0) is 21.4. The predicted octanol–water partition coefficient (Wildman–Crippen LogP) is 2.91. The molecule has 31 heavy (non-hydrogen) atoms. The Kier molecular flexibility index (Phi) is 5.26. The van der Waals surface area contributed by atoms with E-state index in [9.17, 15) is 4.79 Å². The molecule has 2 aromatic heterocycles. The topological polar surface area (TPSA) is 57.0 Å². The second-order valence-electron chi connectivity index (χ2n) is 8.80. The molecule has 0 bridgehead atoms. The molecule has 0 saturated carbocycles. The first-order valence-electron chi connectivity index (χ1n) is 11.3. The van der Waals surface area contributed by atoms with Gasteiger partial charge in [0.2, 0.25) is 11.9 Å². The summed E-state index contributed by atoms with van der Waals surface area (Å²) in [6, 6.07) is 14.7. The van der Waals surface area contributed by atoms with Crippen molar-refractivity contribution >= 4 is 23.2 Å². The van der Waals surface area contributed by atoms with Gasteiger partial charge in [-0.1, -0.05) is 18.2 Å². The van der Waals surface area contributed by atoms with Crippen molar-refractivity contribution in [3.63, 3.8) is 0 Å². The zero-order valence-electron chi connectivity index (χ0n) is 18.4. The third kappa shape index (κ3) is 3.84. The van der Waals surface area contributed by atoms with E-state index < -0.39 is 0 Å². The van der Waals surface area contributed by atoms with Gasteiger partial charge in [-0.15, -0.1) is 10.2 Å². The Bertz CT molecular complexity index is 1080. The minimum atomic E-state index is 0.0237. The first-order valence-corrected chi connectivity index (χ1v) is 11.3. The number of nitrogens with zero attached hydrogens (tertiary/aromatic N) is 6. The monoisotopic (exact) mass is 418 g/mol. The molecule has 7 nitrogen and oxygen atoms in total. The van der Waals surface area contributed by atoms with E-state index in [1.807, 2.05) is 12.1 Å². The Hall–Kier alpha value is -3.09. The van der Waals surface area contributed by atoms with Gasteiger partial charge in [0.1, 0.15) is 0 Å². The number of hydrogen-bond donors (Lipinski definition) is 0. The summed E-state index contributed by atoms with van der Waals surface area (Å²) >= 11 is 0. The molecule has 0 aliphatic carbocycles. The van der Waals surface area contributed by atoms with Crippen LogP contribution in [-0.4, -0.2) is 64.7 Å². The number of amides is 1. The number of carbonyl (C=O) groups is 1. The lowest BCUT2D eigenvalue weighted by Gasteiger charge is -2.39. The van der Waals surface area contributed by atoms with Gasteiger partial charge < -0.3 is 14.7 Å². The van der Waals surface area contributed by atoms with Gasteiger partial charge >= 0.3 is 0 Å². The number of piperazine rings is 1. The summed E-state index contributed by atoms with van der Waals surface area (Å²) in [5, 5.41) is 8.77. The Morgan fingerprint density at radius 2 is 1.74 bits per heavy atom. The van der Waals surface area contributed by atoms with Crippen molar-refractivity contribution in [3.8, 4) is 0 Å². The Labute approximate surface area is 183 Å². The van der Waals surface area contributed by atoms with Crippen LogP contribution in [0.2, 0.25) is 0 Å². The molecule has 0 radical (unpaired) electrons. The van der Waals surface area contributed by atoms with E-state index in [2.05, 4.69) is 73.5 Å². The molecule has 1 atom stereocenters. The number of aryl methyl sites for hydroxylation is 2. The average molecular weight is 419 g/mol. The highest BCUT2D eigenvalue weighted by Crippen LogP contribution is 2.26. The van der Waals surface area contributed by atoms with Crippen LogP contribution >= 0.6 is 0 Å². The summed E-state index contributed by atoms with van der Waals surface area (Å²) < 4.78 is 2.09. The molecule has 1 unspecified atom stereocenters. The smallest absolute Gasteiger partial charge is 0.231 e. The lowest BCUT2D eigenvalue weighted by molar-refractivity contribution is -0.136. The fourth-order valence-electron chi connectivity index (χ4n) is 4.92. The second-order valence-corrected chi connectivity index (χ2v) is 8.80. The van der Waals surface area contributed by atoms with Gasteiger partial charge in [-0.3, -0.25) is 9.20 Å². The van der Waals surface area contributed by atoms with E-state index in [4.69, 9.17) is 0 Å². The number of pyridine rings is 1. The van der Waals surface area contributed by atoms with Crippen LogP contribution in [0.15, 0.2) is 42.5 Å². The third-order valence-corrected chi connectivity index (χ3v) is 6.62. The van der Waals surface area contributed by atoms with Gasteiger partial charge in [-0.25, -0.2) is 0 Å². The standard InChI is InChI=1S/C24H30N6O/c1-18-6-3-9-21(16-18)27-12-14-28(15-13-27)23(31)20-8-5-11-29(17-20)24-26-25-22-10-4-7-19(2)30(22)24/h3-4,6-7,9-10,16,20H,5,8,11-15,17H2,1-2H3. The normalized spacial score (nSPS) is 19.8. The van der Waals surface area contributed by atoms with Gasteiger partial charge in [0.15, 0.2) is 5.65 Å². The van der Waals surface area contributed by atoms with E-state index in [0.717, 1.165) is 62.9 Å². The van der Waals surface area contributed by atoms with Crippen LogP contribution in [0.4, 0.5) is 11.6 Å². The lowest BCUT2D eigenvalue weighted by Crippen LogP contribution is -2.52. The number of rotatable bonds is 3. The van der Waals surface area contributed by atoms with Crippen LogP contribution < -0.4 is 9.80 Å². The number of carbonyl (C=O) groups excluding carboxylic acids is 1. The number of anilines is 2. The van der Waals surface area contributed by atoms with Gasteiger partial charge in [-0.2, -0.15) is 0 Å². The maximum Gasteiger partial charge on any atom is 0.231 e. The minimum Gasteiger partial charge on any atom is -0.368 e. The molecule has 162 valence electrons. The second kappa shape index (κ2) is 8.21. The molecule has 1 aromatic carbocycles. The van der Waals surface area contributed by atoms with Crippen molar-refractivity contribution in [2.24, 2.45) is 5.92 Å². The van der Waals surface area contributed by atoms with Gasteiger partial charge in [-0.05, 0) is 56.5 Å². The molecule has 2 aliphatic rings. The summed E-state index contributed by atoms with van der Waals surface area (Å²) in [6.45, 7) is 9.18. The van der Waals surface area contributed by atoms with E-state index in [0.29, 0.717) is 12.5 Å². The molecule has 3 aromatic rings. The van der Waals surface area contributed by atoms with Crippen LogP contribution in [-0.2, 0) is 4.79 Å². The van der Waals surface area contributed by atoms with Crippen LogP contribution in [0.3, 0.4) is 0 Å². The summed E-state index contributed by atoms with van der Waals surface area (Å²) in [6.07, 6.45) is 1.95. The van der Waals surface area contributed by atoms with Crippen molar-refractivity contribution in [2.75, 3.05) is 49.1 Å². The van der Waals surface area contributed by atoms with E-state index >= 15 is 0 Å². The predicted molar refractivity (Wildman–Crippen MR) is 123 cm³/mol. The van der Waals surface area contributed by atoms with Gasteiger partial charge in [0.05, 0.1) is 5.92 Å². The fourth-order valence-corrected chi connectivity index (χ4v) is 4.92. The van der Waals surface area contributed by atoms with Crippen LogP contribution in [0.25, 0.3) is 5.65 Å². The molecule has 5 rings (SSSR count). The average Bonchev–Trinajstić information content (AvgIpc) is 3.24. The Morgan fingerprint density at radius 3 is 2.55 bits per heavy atom. The van der Waals surface area contributed by atoms with Crippen molar-refractivity contribution in [1.29, 1.82) is 0 Å². The first-order chi connectivity index (χ1) is 15.1. The lowest BCUT2D eigenvalue weighted by atomic mass is 9.96. The molecule has 0 spiro atoms. The molecular formula is C24H30N6O. The molecular weight excluding hydrogens is 388 g/mol. The number of hydrogen-bond acceptors (Lipinski definition) is 5. The summed E-state index contributed by atoms with van der Waals surface area (Å²) in [4.78, 5) is 20.0. The first kappa shape index (κ1) is 19.8. The van der Waals surface area contributed by atoms with Crippen LogP contribution in [0.1, 0.15) is 24.1 Å². The van der Waals surface area contributed by atoms with Crippen molar-refractivity contribution in [3.05, 3.63) is 53.7 Å². The van der Waals surface area contributed by atoms with Crippen molar-refractivity contribution < 1.29 is 4.79 Å². The maximum absolute atomic E-state index is 13.3.